The van der Waals surface area contributed by atoms with Crippen molar-refractivity contribution in [3.05, 3.63) is 107 Å². The van der Waals surface area contributed by atoms with E-state index in [1.54, 1.807) is 6.92 Å². The van der Waals surface area contributed by atoms with Gasteiger partial charge in [0.05, 0.1) is 0 Å². The van der Waals surface area contributed by atoms with E-state index in [0.29, 0.717) is 24.4 Å². The van der Waals surface area contributed by atoms with Crippen molar-refractivity contribution in [2.24, 2.45) is 0 Å². The third-order valence-electron chi connectivity index (χ3n) is 6.89. The maximum absolute atomic E-state index is 13.2. The molecule has 1 saturated heterocycles. The molecule has 0 radical (unpaired) electrons. The van der Waals surface area contributed by atoms with E-state index in [2.05, 4.69) is 48.7 Å². The monoisotopic (exact) mass is 483 g/mol. The Morgan fingerprint density at radius 2 is 1.42 bits per heavy atom. The summed E-state index contributed by atoms with van der Waals surface area (Å²) in [4.78, 5) is 39.6. The third-order valence-corrected chi connectivity index (χ3v) is 6.89. The van der Waals surface area contributed by atoms with Crippen LogP contribution in [0, 0.1) is 0 Å². The van der Waals surface area contributed by atoms with Crippen LogP contribution >= 0.6 is 0 Å². The number of nitrogens with one attached hydrogen (secondary N) is 2. The van der Waals surface area contributed by atoms with Crippen LogP contribution in [0.3, 0.4) is 0 Å². The van der Waals surface area contributed by atoms with E-state index >= 15 is 0 Å². The van der Waals surface area contributed by atoms with E-state index in [1.165, 1.54) is 11.1 Å². The second kappa shape index (κ2) is 10.8. The van der Waals surface area contributed by atoms with Crippen LogP contribution < -0.4 is 10.6 Å². The molecule has 1 atom stereocenters. The smallest absolute Gasteiger partial charge is 0.325 e. The van der Waals surface area contributed by atoms with Gasteiger partial charge in [-0.2, -0.15) is 0 Å². The zero-order valence-corrected chi connectivity index (χ0v) is 21.0. The van der Waals surface area contributed by atoms with Gasteiger partial charge < -0.3 is 10.6 Å². The standard InChI is InChI=1S/C30H33N3O3/c1-21(2)22-14-16-25(17-15-22)30(3)28(35)33(29(36)32-30)20-27(34)31-19-18-26(23-10-6-4-7-11-23)24-12-8-5-9-13-24/h4-17,21,26H,18-20H2,1-3H3,(H,31,34)(H,32,36). The van der Waals surface area contributed by atoms with Gasteiger partial charge in [0, 0.05) is 12.5 Å². The molecule has 1 fully saturated rings. The molecule has 3 aromatic rings. The Kier molecular flexibility index (Phi) is 7.53. The molecule has 6 nitrogen and oxygen atoms in total. The molecule has 1 heterocycles. The number of imide groups is 1. The first kappa shape index (κ1) is 25.2. The zero-order chi connectivity index (χ0) is 25.7. The molecule has 1 aliphatic rings. The summed E-state index contributed by atoms with van der Waals surface area (Å²) in [6.45, 7) is 5.99. The van der Waals surface area contributed by atoms with E-state index in [0.717, 1.165) is 10.5 Å². The summed E-state index contributed by atoms with van der Waals surface area (Å²) in [7, 11) is 0. The predicted molar refractivity (Wildman–Crippen MR) is 140 cm³/mol. The molecule has 0 bridgehead atoms. The van der Waals surface area contributed by atoms with Crippen molar-refractivity contribution in [1.29, 1.82) is 0 Å². The van der Waals surface area contributed by atoms with E-state index in [-0.39, 0.29) is 18.4 Å². The van der Waals surface area contributed by atoms with Crippen LogP contribution in [0.4, 0.5) is 4.79 Å². The number of hydrogen-bond donors (Lipinski definition) is 2. The Hall–Kier alpha value is -3.93. The van der Waals surface area contributed by atoms with Gasteiger partial charge in [0.15, 0.2) is 0 Å². The van der Waals surface area contributed by atoms with E-state index in [9.17, 15) is 14.4 Å². The summed E-state index contributed by atoms with van der Waals surface area (Å²) < 4.78 is 0. The van der Waals surface area contributed by atoms with E-state index in [1.807, 2.05) is 60.7 Å². The fourth-order valence-electron chi connectivity index (χ4n) is 4.69. The normalized spacial score (nSPS) is 17.5. The topological polar surface area (TPSA) is 78.5 Å². The lowest BCUT2D eigenvalue weighted by Gasteiger charge is -2.23. The summed E-state index contributed by atoms with van der Waals surface area (Å²) >= 11 is 0. The maximum atomic E-state index is 13.2. The van der Waals surface area contributed by atoms with Crippen LogP contribution in [0.25, 0.3) is 0 Å². The number of amides is 4. The Morgan fingerprint density at radius 3 is 1.94 bits per heavy atom. The number of carbonyl (C=O) groups is 3. The second-order valence-corrected chi connectivity index (χ2v) is 9.74. The van der Waals surface area contributed by atoms with Crippen molar-refractivity contribution >= 4 is 17.8 Å². The number of nitrogens with zero attached hydrogens (tertiary/aromatic N) is 1. The van der Waals surface area contributed by atoms with Crippen molar-refractivity contribution in [2.75, 3.05) is 13.1 Å². The Bertz CT molecular complexity index is 1170. The van der Waals surface area contributed by atoms with Gasteiger partial charge in [0.1, 0.15) is 12.1 Å². The molecular formula is C30H33N3O3. The summed E-state index contributed by atoms with van der Waals surface area (Å²) in [5.74, 6) is -0.296. The molecule has 36 heavy (non-hydrogen) atoms. The van der Waals surface area contributed by atoms with Gasteiger partial charge in [-0.15, -0.1) is 0 Å². The summed E-state index contributed by atoms with van der Waals surface area (Å²) in [5.41, 5.74) is 3.00. The molecular weight excluding hydrogens is 450 g/mol. The largest absolute Gasteiger partial charge is 0.355 e. The summed E-state index contributed by atoms with van der Waals surface area (Å²) in [5, 5.41) is 5.67. The van der Waals surface area contributed by atoms with Crippen molar-refractivity contribution in [3.63, 3.8) is 0 Å². The highest BCUT2D eigenvalue weighted by atomic mass is 16.2. The van der Waals surface area contributed by atoms with Crippen LogP contribution in [-0.2, 0) is 15.1 Å². The minimum Gasteiger partial charge on any atom is -0.355 e. The third kappa shape index (κ3) is 5.33. The van der Waals surface area contributed by atoms with Gasteiger partial charge >= 0.3 is 6.03 Å². The van der Waals surface area contributed by atoms with Crippen LogP contribution in [0.1, 0.15) is 61.3 Å². The van der Waals surface area contributed by atoms with Crippen LogP contribution in [0.15, 0.2) is 84.9 Å². The van der Waals surface area contributed by atoms with Crippen molar-refractivity contribution in [3.8, 4) is 0 Å². The molecule has 4 rings (SSSR count). The van der Waals surface area contributed by atoms with Crippen molar-refractivity contribution < 1.29 is 14.4 Å². The minimum atomic E-state index is -1.20. The Balaban J connectivity index is 1.38. The van der Waals surface area contributed by atoms with E-state index < -0.39 is 17.5 Å². The molecule has 0 spiro atoms. The van der Waals surface area contributed by atoms with E-state index in [4.69, 9.17) is 0 Å². The van der Waals surface area contributed by atoms with Gasteiger partial charge in [-0.3, -0.25) is 14.5 Å². The van der Waals surface area contributed by atoms with Crippen LogP contribution in [-0.4, -0.2) is 35.8 Å². The van der Waals surface area contributed by atoms with Crippen LogP contribution in [0.2, 0.25) is 0 Å². The van der Waals surface area contributed by atoms with Crippen molar-refractivity contribution in [2.45, 2.75) is 44.6 Å². The van der Waals surface area contributed by atoms with Gasteiger partial charge in [0.25, 0.3) is 5.91 Å². The number of benzene rings is 3. The van der Waals surface area contributed by atoms with Gasteiger partial charge in [0.2, 0.25) is 5.91 Å². The summed E-state index contributed by atoms with van der Waals surface area (Å²) in [6, 6.07) is 27.5. The molecule has 1 aliphatic heterocycles. The average molecular weight is 484 g/mol. The Morgan fingerprint density at radius 1 is 0.861 bits per heavy atom. The fourth-order valence-corrected chi connectivity index (χ4v) is 4.69. The Labute approximate surface area is 212 Å². The lowest BCUT2D eigenvalue weighted by molar-refractivity contribution is -0.134. The predicted octanol–water partition coefficient (Wildman–Crippen LogP) is 4.92. The zero-order valence-electron chi connectivity index (χ0n) is 21.0. The van der Waals surface area contributed by atoms with Gasteiger partial charge in [-0.05, 0) is 41.5 Å². The summed E-state index contributed by atoms with van der Waals surface area (Å²) in [6.07, 6.45) is 0.694. The maximum Gasteiger partial charge on any atom is 0.325 e. The number of urea groups is 1. The fraction of sp³-hybridized carbons (Fsp3) is 0.300. The van der Waals surface area contributed by atoms with Gasteiger partial charge in [-0.25, -0.2) is 4.79 Å². The molecule has 0 aromatic heterocycles. The number of hydrogen-bond acceptors (Lipinski definition) is 3. The molecule has 6 heteroatoms. The highest BCUT2D eigenvalue weighted by Crippen LogP contribution is 2.30. The first-order chi connectivity index (χ1) is 17.3. The molecule has 3 aromatic carbocycles. The molecule has 4 amide bonds. The molecule has 186 valence electrons. The molecule has 2 N–H and O–H groups in total. The molecule has 0 saturated carbocycles. The first-order valence-corrected chi connectivity index (χ1v) is 12.4. The second-order valence-electron chi connectivity index (χ2n) is 9.74. The molecule has 1 unspecified atom stereocenters. The quantitative estimate of drug-likeness (QED) is 0.424. The van der Waals surface area contributed by atoms with Crippen LogP contribution in [0.5, 0.6) is 0 Å². The highest BCUT2D eigenvalue weighted by Gasteiger charge is 2.49. The number of rotatable bonds is 9. The lowest BCUT2D eigenvalue weighted by Crippen LogP contribution is -2.43. The highest BCUT2D eigenvalue weighted by molar-refractivity contribution is 6.09. The first-order valence-electron chi connectivity index (χ1n) is 12.4. The average Bonchev–Trinajstić information content (AvgIpc) is 3.11. The number of carbonyl (C=O) groups excluding carboxylic acids is 3. The van der Waals surface area contributed by atoms with Crippen molar-refractivity contribution in [1.82, 2.24) is 15.5 Å². The minimum absolute atomic E-state index is 0.126. The van der Waals surface area contributed by atoms with Gasteiger partial charge in [-0.1, -0.05) is 98.8 Å². The SMILES string of the molecule is CC(C)c1ccc(C2(C)NC(=O)N(CC(=O)NCCC(c3ccccc3)c3ccccc3)C2=O)cc1. The molecule has 0 aliphatic carbocycles. The lowest BCUT2D eigenvalue weighted by atomic mass is 9.88.